The molecular formula is C15H14ClN3O5S. The monoisotopic (exact) mass is 383 g/mol. The van der Waals surface area contributed by atoms with Crippen molar-refractivity contribution in [1.82, 2.24) is 0 Å². The number of amides is 1. The largest absolute Gasteiger partial charge is 0.366 e. The molecule has 0 heterocycles. The number of nitro benzene ring substituents is 1. The fraction of sp³-hybridized carbons (Fsp3) is 0.133. The predicted molar refractivity (Wildman–Crippen MR) is 93.3 cm³/mol. The van der Waals surface area contributed by atoms with Gasteiger partial charge in [0.05, 0.1) is 20.5 Å². The van der Waals surface area contributed by atoms with Crippen LogP contribution in [0.5, 0.6) is 0 Å². The first-order valence-corrected chi connectivity index (χ1v) is 8.77. The van der Waals surface area contributed by atoms with Crippen LogP contribution in [0.15, 0.2) is 35.2 Å². The van der Waals surface area contributed by atoms with Gasteiger partial charge in [0, 0.05) is 17.7 Å². The van der Waals surface area contributed by atoms with Crippen molar-refractivity contribution in [1.29, 1.82) is 0 Å². The number of nitrogens with one attached hydrogen (secondary N) is 1. The van der Waals surface area contributed by atoms with Gasteiger partial charge in [0.2, 0.25) is 5.91 Å². The van der Waals surface area contributed by atoms with Crippen molar-refractivity contribution in [2.75, 3.05) is 4.72 Å². The van der Waals surface area contributed by atoms with E-state index in [4.69, 9.17) is 17.3 Å². The summed E-state index contributed by atoms with van der Waals surface area (Å²) in [5, 5.41) is 11.0. The van der Waals surface area contributed by atoms with Crippen molar-refractivity contribution < 1.29 is 18.1 Å². The molecule has 3 N–H and O–H groups in total. The second-order valence-corrected chi connectivity index (χ2v) is 7.37. The van der Waals surface area contributed by atoms with Gasteiger partial charge in [-0.1, -0.05) is 11.6 Å². The Morgan fingerprint density at radius 3 is 2.44 bits per heavy atom. The van der Waals surface area contributed by atoms with Crippen molar-refractivity contribution >= 4 is 38.9 Å². The number of aryl methyl sites for hydroxylation is 1. The van der Waals surface area contributed by atoms with Gasteiger partial charge >= 0.3 is 0 Å². The van der Waals surface area contributed by atoms with Crippen molar-refractivity contribution in [3.05, 3.63) is 62.2 Å². The maximum absolute atomic E-state index is 12.7. The van der Waals surface area contributed by atoms with Crippen LogP contribution in [0.25, 0.3) is 0 Å². The average molecular weight is 384 g/mol. The lowest BCUT2D eigenvalue weighted by atomic mass is 10.1. The molecule has 0 aromatic heterocycles. The van der Waals surface area contributed by atoms with Gasteiger partial charge in [0.1, 0.15) is 0 Å². The quantitative estimate of drug-likeness (QED) is 0.605. The maximum Gasteiger partial charge on any atom is 0.271 e. The number of hydrogen-bond acceptors (Lipinski definition) is 5. The molecule has 132 valence electrons. The standard InChI is InChI=1S/C15H14ClN3O5S/c1-8-5-11(19(21)22)7-14(9(8)2)25(23,24)18-13-6-10(15(17)20)3-4-12(13)16/h3-7,18H,1-2H3,(H2,17,20). The highest BCUT2D eigenvalue weighted by atomic mass is 35.5. The van der Waals surface area contributed by atoms with Crippen LogP contribution in [0.2, 0.25) is 5.02 Å². The van der Waals surface area contributed by atoms with Crippen LogP contribution in [-0.2, 0) is 10.0 Å². The third-order valence-electron chi connectivity index (χ3n) is 3.60. The number of carbonyl (C=O) groups is 1. The van der Waals surface area contributed by atoms with Crippen LogP contribution >= 0.6 is 11.6 Å². The van der Waals surface area contributed by atoms with Crippen LogP contribution in [0.4, 0.5) is 11.4 Å². The Hall–Kier alpha value is -2.65. The van der Waals surface area contributed by atoms with E-state index in [1.165, 1.54) is 31.2 Å². The lowest BCUT2D eigenvalue weighted by molar-refractivity contribution is -0.385. The van der Waals surface area contributed by atoms with E-state index >= 15 is 0 Å². The number of benzene rings is 2. The normalized spacial score (nSPS) is 11.2. The SMILES string of the molecule is Cc1cc([N+](=O)[O-])cc(S(=O)(=O)Nc2cc(C(N)=O)ccc2Cl)c1C. The fourth-order valence-corrected chi connectivity index (χ4v) is 3.78. The van der Waals surface area contributed by atoms with Gasteiger partial charge in [-0.2, -0.15) is 0 Å². The summed E-state index contributed by atoms with van der Waals surface area (Å²) in [6, 6.07) is 6.13. The van der Waals surface area contributed by atoms with Gasteiger partial charge in [-0.3, -0.25) is 19.6 Å². The Morgan fingerprint density at radius 2 is 1.88 bits per heavy atom. The maximum atomic E-state index is 12.7. The summed E-state index contributed by atoms with van der Waals surface area (Å²) >= 11 is 5.96. The lowest BCUT2D eigenvalue weighted by Gasteiger charge is -2.13. The smallest absolute Gasteiger partial charge is 0.271 e. The first kappa shape index (κ1) is 18.7. The second kappa shape index (κ2) is 6.69. The molecule has 0 radical (unpaired) electrons. The molecule has 2 rings (SSSR count). The molecule has 0 fully saturated rings. The molecule has 8 nitrogen and oxygen atoms in total. The first-order valence-electron chi connectivity index (χ1n) is 6.90. The number of anilines is 1. The van der Waals surface area contributed by atoms with Gasteiger partial charge in [-0.25, -0.2) is 8.42 Å². The molecule has 2 aromatic rings. The van der Waals surface area contributed by atoms with E-state index in [1.54, 1.807) is 6.92 Å². The molecule has 0 aliphatic carbocycles. The summed E-state index contributed by atoms with van der Waals surface area (Å²) in [5.41, 5.74) is 5.65. The van der Waals surface area contributed by atoms with Crippen LogP contribution in [0.3, 0.4) is 0 Å². The molecule has 10 heteroatoms. The molecule has 0 spiro atoms. The molecule has 0 atom stereocenters. The number of carbonyl (C=O) groups excluding carboxylic acids is 1. The molecule has 0 aliphatic heterocycles. The van der Waals surface area contributed by atoms with Crippen LogP contribution in [0, 0.1) is 24.0 Å². The fourth-order valence-electron chi connectivity index (χ4n) is 2.15. The number of nitrogens with zero attached hydrogens (tertiary/aromatic N) is 1. The van der Waals surface area contributed by atoms with Crippen LogP contribution in [-0.4, -0.2) is 19.2 Å². The number of nitro groups is 1. The summed E-state index contributed by atoms with van der Waals surface area (Å²) in [6.45, 7) is 3.11. The van der Waals surface area contributed by atoms with E-state index in [-0.39, 0.29) is 26.9 Å². The molecule has 0 saturated carbocycles. The first-order chi connectivity index (χ1) is 11.5. The zero-order valence-electron chi connectivity index (χ0n) is 13.2. The number of non-ortho nitro benzene ring substituents is 1. The molecule has 0 unspecified atom stereocenters. The van der Waals surface area contributed by atoms with Crippen LogP contribution in [0.1, 0.15) is 21.5 Å². The van der Waals surface area contributed by atoms with E-state index in [9.17, 15) is 23.3 Å². The predicted octanol–water partition coefficient (Wildman–Crippen LogP) is 2.76. The third kappa shape index (κ3) is 3.89. The van der Waals surface area contributed by atoms with Gasteiger partial charge < -0.3 is 5.73 Å². The minimum absolute atomic E-state index is 0.0494. The Labute approximate surface area is 148 Å². The van der Waals surface area contributed by atoms with Crippen molar-refractivity contribution in [3.8, 4) is 0 Å². The van der Waals surface area contributed by atoms with E-state index in [2.05, 4.69) is 4.72 Å². The highest BCUT2D eigenvalue weighted by molar-refractivity contribution is 7.92. The zero-order chi connectivity index (χ0) is 18.9. The molecular weight excluding hydrogens is 370 g/mol. The van der Waals surface area contributed by atoms with Gasteiger partial charge in [-0.05, 0) is 43.2 Å². The van der Waals surface area contributed by atoms with Crippen molar-refractivity contribution in [3.63, 3.8) is 0 Å². The summed E-state index contributed by atoms with van der Waals surface area (Å²) in [7, 11) is -4.18. The molecule has 25 heavy (non-hydrogen) atoms. The number of rotatable bonds is 5. The zero-order valence-corrected chi connectivity index (χ0v) is 14.8. The molecule has 0 bridgehead atoms. The second-order valence-electron chi connectivity index (χ2n) is 5.31. The Morgan fingerprint density at radius 1 is 1.24 bits per heavy atom. The average Bonchev–Trinajstić information content (AvgIpc) is 2.51. The highest BCUT2D eigenvalue weighted by Gasteiger charge is 2.23. The molecule has 0 aliphatic rings. The van der Waals surface area contributed by atoms with Crippen LogP contribution < -0.4 is 10.5 Å². The molecule has 1 amide bonds. The van der Waals surface area contributed by atoms with E-state index < -0.39 is 20.9 Å². The summed E-state index contributed by atoms with van der Waals surface area (Å²) in [5.74, 6) is -0.750. The summed E-state index contributed by atoms with van der Waals surface area (Å²) in [4.78, 5) is 21.3. The van der Waals surface area contributed by atoms with E-state index in [0.29, 0.717) is 11.1 Å². The van der Waals surface area contributed by atoms with Gasteiger partial charge in [0.25, 0.3) is 15.7 Å². The minimum atomic E-state index is -4.18. The topological polar surface area (TPSA) is 132 Å². The Kier molecular flexibility index (Phi) is 5.00. The molecule has 2 aromatic carbocycles. The third-order valence-corrected chi connectivity index (χ3v) is 5.42. The van der Waals surface area contributed by atoms with Crippen molar-refractivity contribution in [2.24, 2.45) is 5.73 Å². The van der Waals surface area contributed by atoms with Gasteiger partial charge in [0.15, 0.2) is 0 Å². The number of primary amides is 1. The summed E-state index contributed by atoms with van der Waals surface area (Å²) in [6.07, 6.45) is 0. The Bertz CT molecular complexity index is 989. The summed E-state index contributed by atoms with van der Waals surface area (Å²) < 4.78 is 27.6. The van der Waals surface area contributed by atoms with E-state index in [1.807, 2.05) is 0 Å². The minimum Gasteiger partial charge on any atom is -0.366 e. The lowest BCUT2D eigenvalue weighted by Crippen LogP contribution is -2.17. The Balaban J connectivity index is 2.56. The highest BCUT2D eigenvalue weighted by Crippen LogP contribution is 2.30. The van der Waals surface area contributed by atoms with E-state index in [0.717, 1.165) is 6.07 Å². The van der Waals surface area contributed by atoms with Gasteiger partial charge in [-0.15, -0.1) is 0 Å². The number of halogens is 1. The molecule has 0 saturated heterocycles. The number of hydrogen-bond donors (Lipinski definition) is 2. The number of nitrogens with two attached hydrogens (primary N) is 1. The van der Waals surface area contributed by atoms with Crippen molar-refractivity contribution in [2.45, 2.75) is 18.7 Å². The number of sulfonamides is 1.